The summed E-state index contributed by atoms with van der Waals surface area (Å²) >= 11 is 5.13. The molecule has 4 nitrogen and oxygen atoms in total. The van der Waals surface area contributed by atoms with E-state index in [4.69, 9.17) is 12.2 Å². The summed E-state index contributed by atoms with van der Waals surface area (Å²) in [6.07, 6.45) is 5.03. The van der Waals surface area contributed by atoms with Gasteiger partial charge in [0.25, 0.3) is 0 Å². The lowest BCUT2D eigenvalue weighted by molar-refractivity contribution is 0.677. The Morgan fingerprint density at radius 1 is 1.60 bits per heavy atom. The third-order valence-corrected chi connectivity index (χ3v) is 3.22. The minimum atomic E-state index is 0.695. The zero-order valence-corrected chi connectivity index (χ0v) is 10.2. The lowest BCUT2D eigenvalue weighted by atomic mass is 10.3. The van der Waals surface area contributed by atoms with Crippen molar-refractivity contribution < 1.29 is 0 Å². The average molecular weight is 226 g/mol. The van der Waals surface area contributed by atoms with Crippen molar-refractivity contribution >= 4 is 18.2 Å². The van der Waals surface area contributed by atoms with Crippen LogP contribution in [-0.4, -0.2) is 27.4 Å². The van der Waals surface area contributed by atoms with Crippen LogP contribution >= 0.6 is 12.2 Å². The van der Waals surface area contributed by atoms with Gasteiger partial charge in [-0.1, -0.05) is 13.3 Å². The highest BCUT2D eigenvalue weighted by Crippen LogP contribution is 2.30. The molecule has 0 aromatic carbocycles. The summed E-state index contributed by atoms with van der Waals surface area (Å²) < 4.78 is 2.66. The van der Waals surface area contributed by atoms with Crippen molar-refractivity contribution in [1.29, 1.82) is 0 Å². The predicted molar refractivity (Wildman–Crippen MR) is 63.7 cm³/mol. The van der Waals surface area contributed by atoms with Crippen molar-refractivity contribution in [1.82, 2.24) is 14.8 Å². The third kappa shape index (κ3) is 2.22. The van der Waals surface area contributed by atoms with Crippen molar-refractivity contribution in [3.8, 4) is 0 Å². The van der Waals surface area contributed by atoms with Gasteiger partial charge in [0.05, 0.1) is 0 Å². The molecule has 5 heteroatoms. The number of rotatable bonds is 5. The Morgan fingerprint density at radius 2 is 2.33 bits per heavy atom. The normalized spacial score (nSPS) is 15.6. The molecular weight excluding hydrogens is 208 g/mol. The van der Waals surface area contributed by atoms with Crippen molar-refractivity contribution in [2.24, 2.45) is 7.05 Å². The molecule has 0 unspecified atom stereocenters. The second kappa shape index (κ2) is 4.35. The highest BCUT2D eigenvalue weighted by atomic mass is 32.1. The number of unbranched alkanes of at least 4 members (excludes halogenated alkanes) is 1. The van der Waals surface area contributed by atoms with Crippen LogP contribution in [0, 0.1) is 4.77 Å². The first-order chi connectivity index (χ1) is 7.24. The molecule has 1 aliphatic rings. The summed E-state index contributed by atoms with van der Waals surface area (Å²) in [4.78, 5) is 2.38. The molecule has 0 aliphatic heterocycles. The van der Waals surface area contributed by atoms with Crippen LogP contribution in [0.2, 0.25) is 0 Å². The minimum Gasteiger partial charge on any atom is -0.338 e. The quantitative estimate of drug-likeness (QED) is 0.782. The molecule has 1 saturated carbocycles. The Labute approximate surface area is 95.3 Å². The summed E-state index contributed by atoms with van der Waals surface area (Å²) in [7, 11) is 1.97. The number of aromatic nitrogens is 3. The number of H-pyrrole nitrogens is 1. The van der Waals surface area contributed by atoms with Crippen LogP contribution in [-0.2, 0) is 7.05 Å². The largest absolute Gasteiger partial charge is 0.338 e. The molecule has 0 saturated heterocycles. The van der Waals surface area contributed by atoms with E-state index in [2.05, 4.69) is 22.0 Å². The second-order valence-corrected chi connectivity index (χ2v) is 4.55. The Kier molecular flexibility index (Phi) is 3.09. The number of anilines is 1. The molecule has 1 fully saturated rings. The van der Waals surface area contributed by atoms with Crippen molar-refractivity contribution in [3.63, 3.8) is 0 Å². The summed E-state index contributed by atoms with van der Waals surface area (Å²) in [5, 5.41) is 7.15. The Balaban J connectivity index is 2.16. The number of nitrogens with one attached hydrogen (secondary N) is 1. The molecular formula is C10H18N4S. The number of hydrogen-bond acceptors (Lipinski definition) is 3. The molecule has 0 bridgehead atoms. The van der Waals surface area contributed by atoms with E-state index in [1.54, 1.807) is 0 Å². The zero-order chi connectivity index (χ0) is 10.8. The average Bonchev–Trinajstić information content (AvgIpc) is 3.00. The summed E-state index contributed by atoms with van der Waals surface area (Å²) in [5.41, 5.74) is 0. The molecule has 15 heavy (non-hydrogen) atoms. The van der Waals surface area contributed by atoms with E-state index in [9.17, 15) is 0 Å². The highest BCUT2D eigenvalue weighted by Gasteiger charge is 2.31. The van der Waals surface area contributed by atoms with Crippen molar-refractivity contribution in [3.05, 3.63) is 4.77 Å². The maximum atomic E-state index is 5.13. The molecule has 0 radical (unpaired) electrons. The fourth-order valence-corrected chi connectivity index (χ4v) is 1.88. The fraction of sp³-hybridized carbons (Fsp3) is 0.800. The molecule has 0 amide bonds. The van der Waals surface area contributed by atoms with E-state index in [-0.39, 0.29) is 0 Å². The lowest BCUT2D eigenvalue weighted by Gasteiger charge is -2.22. The van der Waals surface area contributed by atoms with Crippen LogP contribution < -0.4 is 4.90 Å². The third-order valence-electron chi connectivity index (χ3n) is 2.85. The molecule has 1 heterocycles. The molecule has 0 spiro atoms. The van der Waals surface area contributed by atoms with E-state index in [1.165, 1.54) is 25.7 Å². The van der Waals surface area contributed by atoms with Crippen LogP contribution in [0.15, 0.2) is 0 Å². The van der Waals surface area contributed by atoms with Gasteiger partial charge in [0.15, 0.2) is 4.77 Å². The predicted octanol–water partition coefficient (Wildman–Crippen LogP) is 2.25. The Bertz CT molecular complexity index is 377. The first-order valence-electron chi connectivity index (χ1n) is 5.62. The smallest absolute Gasteiger partial charge is 0.225 e. The van der Waals surface area contributed by atoms with Gasteiger partial charge in [0.1, 0.15) is 0 Å². The molecule has 2 rings (SSSR count). The number of aromatic amines is 1. The van der Waals surface area contributed by atoms with Crippen LogP contribution in [0.3, 0.4) is 0 Å². The summed E-state index contributed by atoms with van der Waals surface area (Å²) in [6, 6.07) is 0.695. The van der Waals surface area contributed by atoms with Crippen LogP contribution in [0.1, 0.15) is 32.6 Å². The zero-order valence-electron chi connectivity index (χ0n) is 9.36. The first-order valence-corrected chi connectivity index (χ1v) is 6.03. The van der Waals surface area contributed by atoms with Gasteiger partial charge >= 0.3 is 0 Å². The molecule has 0 atom stereocenters. The van der Waals surface area contributed by atoms with Gasteiger partial charge in [-0.15, -0.1) is 5.10 Å². The van der Waals surface area contributed by atoms with Gasteiger partial charge in [0, 0.05) is 19.6 Å². The molecule has 1 aromatic rings. The van der Waals surface area contributed by atoms with E-state index in [1.807, 2.05) is 11.6 Å². The van der Waals surface area contributed by atoms with E-state index in [0.29, 0.717) is 10.8 Å². The molecule has 1 N–H and O–H groups in total. The van der Waals surface area contributed by atoms with Crippen molar-refractivity contribution in [2.75, 3.05) is 11.4 Å². The van der Waals surface area contributed by atoms with Crippen molar-refractivity contribution in [2.45, 2.75) is 38.6 Å². The minimum absolute atomic E-state index is 0.695. The van der Waals surface area contributed by atoms with Gasteiger partial charge in [-0.05, 0) is 31.5 Å². The molecule has 1 aromatic heterocycles. The SMILES string of the molecule is CCCCN(c1n[nH]c(=S)n1C)C1CC1. The first kappa shape index (κ1) is 10.7. The Morgan fingerprint density at radius 3 is 2.80 bits per heavy atom. The number of nitrogens with zero attached hydrogens (tertiary/aromatic N) is 3. The summed E-state index contributed by atoms with van der Waals surface area (Å²) in [5.74, 6) is 0.996. The standard InChI is InChI=1S/C10H18N4S/c1-3-4-7-14(8-5-6-8)9-11-12-10(15)13(9)2/h8H,3-7H2,1-2H3,(H,12,15). The van der Waals surface area contributed by atoms with Crippen LogP contribution in [0.4, 0.5) is 5.95 Å². The number of hydrogen-bond donors (Lipinski definition) is 1. The maximum Gasteiger partial charge on any atom is 0.225 e. The topological polar surface area (TPSA) is 36.9 Å². The van der Waals surface area contributed by atoms with E-state index in [0.717, 1.165) is 12.5 Å². The second-order valence-electron chi connectivity index (χ2n) is 4.17. The molecule has 1 aliphatic carbocycles. The van der Waals surface area contributed by atoms with Crippen LogP contribution in [0.25, 0.3) is 0 Å². The summed E-state index contributed by atoms with van der Waals surface area (Å²) in [6.45, 7) is 3.31. The Hall–Kier alpha value is -0.840. The van der Waals surface area contributed by atoms with E-state index < -0.39 is 0 Å². The van der Waals surface area contributed by atoms with Gasteiger partial charge in [-0.3, -0.25) is 4.57 Å². The fourth-order valence-electron chi connectivity index (χ4n) is 1.76. The maximum absolute atomic E-state index is 5.13. The van der Waals surface area contributed by atoms with Gasteiger partial charge in [-0.2, -0.15) is 0 Å². The molecule has 84 valence electrons. The lowest BCUT2D eigenvalue weighted by Crippen LogP contribution is -2.29. The van der Waals surface area contributed by atoms with Gasteiger partial charge in [-0.25, -0.2) is 5.10 Å². The monoisotopic (exact) mass is 226 g/mol. The highest BCUT2D eigenvalue weighted by molar-refractivity contribution is 7.71. The van der Waals surface area contributed by atoms with Crippen LogP contribution in [0.5, 0.6) is 0 Å². The van der Waals surface area contributed by atoms with Gasteiger partial charge in [0.2, 0.25) is 5.95 Å². The van der Waals surface area contributed by atoms with E-state index >= 15 is 0 Å². The van der Waals surface area contributed by atoms with Gasteiger partial charge < -0.3 is 4.90 Å².